The van der Waals surface area contributed by atoms with Gasteiger partial charge in [-0.1, -0.05) is 22.0 Å². The molecule has 0 spiro atoms. The molecule has 0 saturated carbocycles. The Kier molecular flexibility index (Phi) is 4.20. The van der Waals surface area contributed by atoms with Crippen molar-refractivity contribution in [1.82, 2.24) is 4.90 Å². The van der Waals surface area contributed by atoms with Gasteiger partial charge in [-0.15, -0.1) is 0 Å². The van der Waals surface area contributed by atoms with Gasteiger partial charge in [-0.2, -0.15) is 0 Å². The zero-order valence-corrected chi connectivity index (χ0v) is 11.1. The molecular weight excluding hydrogens is 258 g/mol. The van der Waals surface area contributed by atoms with Crippen LogP contribution in [0.4, 0.5) is 4.79 Å². The SMILES string of the molecule is CC(C)(C)OC(=O)N1CCC[C@@H]1/C=C/Br. The van der Waals surface area contributed by atoms with Gasteiger partial charge < -0.3 is 9.64 Å². The van der Waals surface area contributed by atoms with E-state index in [9.17, 15) is 4.79 Å². The number of likely N-dealkylation sites (tertiary alicyclic amines) is 1. The second-order valence-corrected chi connectivity index (χ2v) is 5.23. The molecule has 0 aromatic heterocycles. The maximum atomic E-state index is 11.8. The molecule has 0 aromatic rings. The Morgan fingerprint density at radius 2 is 2.20 bits per heavy atom. The summed E-state index contributed by atoms with van der Waals surface area (Å²) in [5.41, 5.74) is -0.414. The predicted molar refractivity (Wildman–Crippen MR) is 64.0 cm³/mol. The molecule has 0 aliphatic carbocycles. The molecule has 1 atom stereocenters. The van der Waals surface area contributed by atoms with Crippen LogP contribution < -0.4 is 0 Å². The van der Waals surface area contributed by atoms with Crippen molar-refractivity contribution in [2.75, 3.05) is 6.54 Å². The van der Waals surface area contributed by atoms with E-state index in [2.05, 4.69) is 15.9 Å². The lowest BCUT2D eigenvalue weighted by molar-refractivity contribution is 0.0256. The molecule has 1 amide bonds. The number of halogens is 1. The summed E-state index contributed by atoms with van der Waals surface area (Å²) in [6.07, 6.45) is 3.83. The van der Waals surface area contributed by atoms with Crippen LogP contribution in [0.25, 0.3) is 0 Å². The van der Waals surface area contributed by atoms with Crippen molar-refractivity contribution in [2.24, 2.45) is 0 Å². The van der Waals surface area contributed by atoms with Crippen molar-refractivity contribution in [3.05, 3.63) is 11.1 Å². The summed E-state index contributed by atoms with van der Waals surface area (Å²) in [5.74, 6) is 0. The van der Waals surface area contributed by atoms with Gasteiger partial charge in [0.1, 0.15) is 5.60 Å². The highest BCUT2D eigenvalue weighted by Gasteiger charge is 2.30. The minimum absolute atomic E-state index is 0.180. The summed E-state index contributed by atoms with van der Waals surface area (Å²) in [6, 6.07) is 0.180. The molecule has 0 N–H and O–H groups in total. The quantitative estimate of drug-likeness (QED) is 0.735. The largest absolute Gasteiger partial charge is 0.444 e. The van der Waals surface area contributed by atoms with Crippen LogP contribution in [0.15, 0.2) is 11.1 Å². The van der Waals surface area contributed by atoms with E-state index in [1.807, 2.05) is 26.8 Å². The zero-order valence-electron chi connectivity index (χ0n) is 9.50. The van der Waals surface area contributed by atoms with Gasteiger partial charge in [-0.05, 0) is 38.6 Å². The first kappa shape index (κ1) is 12.6. The van der Waals surface area contributed by atoms with E-state index in [1.165, 1.54) is 0 Å². The summed E-state index contributed by atoms with van der Waals surface area (Å²) in [4.78, 5) is 15.4. The number of carbonyl (C=O) groups excluding carboxylic acids is 1. The summed E-state index contributed by atoms with van der Waals surface area (Å²) in [5, 5.41) is 0. The summed E-state index contributed by atoms with van der Waals surface area (Å²) >= 11 is 3.24. The number of hydrogen-bond acceptors (Lipinski definition) is 2. The fraction of sp³-hybridized carbons (Fsp3) is 0.727. The molecule has 4 heteroatoms. The van der Waals surface area contributed by atoms with Crippen molar-refractivity contribution in [1.29, 1.82) is 0 Å². The Morgan fingerprint density at radius 3 is 2.73 bits per heavy atom. The van der Waals surface area contributed by atoms with Gasteiger partial charge in [0, 0.05) is 6.54 Å². The number of nitrogens with zero attached hydrogens (tertiary/aromatic N) is 1. The second kappa shape index (κ2) is 5.01. The highest BCUT2D eigenvalue weighted by molar-refractivity contribution is 9.11. The normalized spacial score (nSPS) is 22.4. The topological polar surface area (TPSA) is 29.5 Å². The Bertz CT molecular complexity index is 258. The molecule has 1 aliphatic rings. The maximum Gasteiger partial charge on any atom is 0.410 e. The number of hydrogen-bond donors (Lipinski definition) is 0. The maximum absolute atomic E-state index is 11.8. The van der Waals surface area contributed by atoms with E-state index in [4.69, 9.17) is 4.74 Å². The predicted octanol–water partition coefficient (Wildman–Crippen LogP) is 3.29. The van der Waals surface area contributed by atoms with Crippen molar-refractivity contribution >= 4 is 22.0 Å². The fourth-order valence-electron chi connectivity index (χ4n) is 1.62. The first-order valence-electron chi connectivity index (χ1n) is 5.20. The number of ether oxygens (including phenoxy) is 1. The molecule has 1 rings (SSSR count). The minimum atomic E-state index is -0.414. The highest BCUT2D eigenvalue weighted by Crippen LogP contribution is 2.21. The van der Waals surface area contributed by atoms with Crippen LogP contribution in [0.3, 0.4) is 0 Å². The zero-order chi connectivity index (χ0) is 11.5. The molecule has 15 heavy (non-hydrogen) atoms. The van der Waals surface area contributed by atoms with Gasteiger partial charge in [0.2, 0.25) is 0 Å². The molecule has 1 fully saturated rings. The van der Waals surface area contributed by atoms with Crippen molar-refractivity contribution < 1.29 is 9.53 Å². The average molecular weight is 276 g/mol. The van der Waals surface area contributed by atoms with E-state index in [0.29, 0.717) is 0 Å². The van der Waals surface area contributed by atoms with E-state index in [1.54, 1.807) is 9.89 Å². The molecule has 0 aromatic carbocycles. The Hall–Kier alpha value is -0.510. The van der Waals surface area contributed by atoms with Gasteiger partial charge in [0.25, 0.3) is 0 Å². The third kappa shape index (κ3) is 3.86. The van der Waals surface area contributed by atoms with Crippen LogP contribution >= 0.6 is 15.9 Å². The van der Waals surface area contributed by atoms with Gasteiger partial charge in [-0.3, -0.25) is 0 Å². The van der Waals surface area contributed by atoms with E-state index in [0.717, 1.165) is 19.4 Å². The lowest BCUT2D eigenvalue weighted by Gasteiger charge is -2.27. The molecule has 3 nitrogen and oxygen atoms in total. The first-order chi connectivity index (χ1) is 6.94. The Morgan fingerprint density at radius 1 is 1.53 bits per heavy atom. The molecule has 1 heterocycles. The third-order valence-electron chi connectivity index (χ3n) is 2.22. The second-order valence-electron chi connectivity index (χ2n) is 4.70. The lowest BCUT2D eigenvalue weighted by Crippen LogP contribution is -2.38. The molecule has 0 unspecified atom stereocenters. The van der Waals surface area contributed by atoms with Crippen LogP contribution in [0.5, 0.6) is 0 Å². The van der Waals surface area contributed by atoms with Crippen molar-refractivity contribution in [3.8, 4) is 0 Å². The van der Waals surface area contributed by atoms with Gasteiger partial charge in [0.15, 0.2) is 0 Å². The van der Waals surface area contributed by atoms with Crippen LogP contribution in [0, 0.1) is 0 Å². The van der Waals surface area contributed by atoms with Crippen molar-refractivity contribution in [3.63, 3.8) is 0 Å². The summed E-state index contributed by atoms with van der Waals surface area (Å²) in [7, 11) is 0. The smallest absolute Gasteiger partial charge is 0.410 e. The number of amides is 1. The molecule has 1 saturated heterocycles. The van der Waals surface area contributed by atoms with E-state index < -0.39 is 5.60 Å². The summed E-state index contributed by atoms with van der Waals surface area (Å²) in [6.45, 7) is 6.44. The van der Waals surface area contributed by atoms with Crippen LogP contribution in [-0.4, -0.2) is 29.2 Å². The Labute approximate surface area is 99.6 Å². The molecule has 1 aliphatic heterocycles. The first-order valence-corrected chi connectivity index (χ1v) is 6.12. The standard InChI is InChI=1S/C11H18BrNO2/c1-11(2,3)15-10(14)13-8-4-5-9(13)6-7-12/h6-7,9H,4-5,8H2,1-3H3/b7-6+/t9-/m1/s1. The van der Waals surface area contributed by atoms with E-state index in [-0.39, 0.29) is 12.1 Å². The van der Waals surface area contributed by atoms with Crippen LogP contribution in [0.1, 0.15) is 33.6 Å². The van der Waals surface area contributed by atoms with E-state index >= 15 is 0 Å². The average Bonchev–Trinajstić information content (AvgIpc) is 2.49. The van der Waals surface area contributed by atoms with Crippen LogP contribution in [0.2, 0.25) is 0 Å². The monoisotopic (exact) mass is 275 g/mol. The number of carbonyl (C=O) groups is 1. The van der Waals surface area contributed by atoms with Gasteiger partial charge in [-0.25, -0.2) is 4.79 Å². The van der Waals surface area contributed by atoms with Gasteiger partial charge >= 0.3 is 6.09 Å². The molecule has 0 radical (unpaired) electrons. The Balaban J connectivity index is 2.59. The third-order valence-corrected chi connectivity index (χ3v) is 2.53. The van der Waals surface area contributed by atoms with Crippen LogP contribution in [-0.2, 0) is 4.74 Å². The van der Waals surface area contributed by atoms with Gasteiger partial charge in [0.05, 0.1) is 6.04 Å². The molecule has 86 valence electrons. The fourth-order valence-corrected chi connectivity index (χ4v) is 1.98. The minimum Gasteiger partial charge on any atom is -0.444 e. The molecular formula is C11H18BrNO2. The van der Waals surface area contributed by atoms with Crippen molar-refractivity contribution in [2.45, 2.75) is 45.3 Å². The number of rotatable bonds is 1. The summed E-state index contributed by atoms with van der Waals surface area (Å²) < 4.78 is 5.34. The lowest BCUT2D eigenvalue weighted by atomic mass is 10.2. The molecule has 0 bridgehead atoms. The highest BCUT2D eigenvalue weighted by atomic mass is 79.9.